The van der Waals surface area contributed by atoms with Gasteiger partial charge in [0.05, 0.1) is 24.9 Å². The van der Waals surface area contributed by atoms with Crippen LogP contribution in [-0.2, 0) is 14.4 Å². The van der Waals surface area contributed by atoms with Gasteiger partial charge in [0.1, 0.15) is 5.76 Å². The minimum absolute atomic E-state index is 0.0458. The Bertz CT molecular complexity index is 800. The lowest BCUT2D eigenvalue weighted by Gasteiger charge is -2.14. The predicted octanol–water partition coefficient (Wildman–Crippen LogP) is 1.62. The van der Waals surface area contributed by atoms with Gasteiger partial charge in [0.2, 0.25) is 11.8 Å². The second-order valence-corrected chi connectivity index (χ2v) is 5.68. The molecule has 2 rings (SSSR count). The summed E-state index contributed by atoms with van der Waals surface area (Å²) in [6.07, 6.45) is 2.43. The zero-order chi connectivity index (χ0) is 19.6. The normalized spacial score (nSPS) is 11.9. The molecule has 1 aromatic carbocycles. The third-order valence-electron chi connectivity index (χ3n) is 3.60. The minimum atomic E-state index is -1.07. The first-order valence-electron chi connectivity index (χ1n) is 8.15. The van der Waals surface area contributed by atoms with E-state index in [1.807, 2.05) is 0 Å². The third-order valence-corrected chi connectivity index (χ3v) is 3.60. The summed E-state index contributed by atoms with van der Waals surface area (Å²) in [6, 6.07) is 9.25. The van der Waals surface area contributed by atoms with Crippen molar-refractivity contribution >= 4 is 29.7 Å². The zero-order valence-electron chi connectivity index (χ0n) is 14.4. The smallest absolute Gasteiger partial charge is 0.305 e. The molecular weight excluding hydrogens is 352 g/mol. The zero-order valence-corrected chi connectivity index (χ0v) is 14.4. The standard InChI is InChI=1S/C18H20N4O5/c19-20-11-12-3-5-13(6-4-12)21-16(23)7-8-17(24)22-14(10-18(25)26)15-2-1-9-27-15/h1-6,9,11,14H,7-8,10,19H2,(H,21,23)(H,22,24)(H,25,26). The maximum Gasteiger partial charge on any atom is 0.305 e. The highest BCUT2D eigenvalue weighted by molar-refractivity contribution is 5.93. The van der Waals surface area contributed by atoms with Crippen LogP contribution in [0.3, 0.4) is 0 Å². The van der Waals surface area contributed by atoms with Crippen LogP contribution in [0.4, 0.5) is 5.69 Å². The predicted molar refractivity (Wildman–Crippen MR) is 97.9 cm³/mol. The summed E-state index contributed by atoms with van der Waals surface area (Å²) in [7, 11) is 0. The van der Waals surface area contributed by atoms with Crippen molar-refractivity contribution in [3.63, 3.8) is 0 Å². The number of hydrazone groups is 1. The van der Waals surface area contributed by atoms with Gasteiger partial charge in [0, 0.05) is 18.5 Å². The molecule has 1 heterocycles. The lowest BCUT2D eigenvalue weighted by Crippen LogP contribution is -2.30. The first kappa shape index (κ1) is 19.7. The Morgan fingerprint density at radius 2 is 1.85 bits per heavy atom. The number of hydrogen-bond acceptors (Lipinski definition) is 6. The van der Waals surface area contributed by atoms with E-state index in [-0.39, 0.29) is 25.2 Å². The van der Waals surface area contributed by atoms with E-state index in [9.17, 15) is 14.4 Å². The number of nitrogens with zero attached hydrogens (tertiary/aromatic N) is 1. The van der Waals surface area contributed by atoms with E-state index in [0.29, 0.717) is 11.4 Å². The molecule has 0 aliphatic carbocycles. The van der Waals surface area contributed by atoms with Crippen molar-refractivity contribution < 1.29 is 23.9 Å². The van der Waals surface area contributed by atoms with E-state index >= 15 is 0 Å². The second kappa shape index (κ2) is 9.76. The number of carbonyl (C=O) groups excluding carboxylic acids is 2. The summed E-state index contributed by atoms with van der Waals surface area (Å²) in [5.41, 5.74) is 1.37. The molecule has 0 aliphatic rings. The second-order valence-electron chi connectivity index (χ2n) is 5.68. The number of carboxylic acids is 1. The summed E-state index contributed by atoms with van der Waals surface area (Å²) in [5, 5.41) is 17.6. The third kappa shape index (κ3) is 6.65. The number of amides is 2. The van der Waals surface area contributed by atoms with Crippen molar-refractivity contribution in [2.24, 2.45) is 10.9 Å². The minimum Gasteiger partial charge on any atom is -0.481 e. The Hall–Kier alpha value is -3.62. The quantitative estimate of drug-likeness (QED) is 0.299. The molecule has 142 valence electrons. The SMILES string of the molecule is NN=Cc1ccc(NC(=O)CCC(=O)NC(CC(=O)O)c2ccco2)cc1. The van der Waals surface area contributed by atoms with E-state index in [1.165, 1.54) is 12.5 Å². The van der Waals surface area contributed by atoms with Gasteiger partial charge >= 0.3 is 5.97 Å². The van der Waals surface area contributed by atoms with Gasteiger partial charge in [-0.15, -0.1) is 0 Å². The van der Waals surface area contributed by atoms with E-state index in [4.69, 9.17) is 15.4 Å². The van der Waals surface area contributed by atoms with Crippen molar-refractivity contribution in [3.8, 4) is 0 Å². The highest BCUT2D eigenvalue weighted by atomic mass is 16.4. The maximum atomic E-state index is 12.1. The lowest BCUT2D eigenvalue weighted by atomic mass is 10.1. The van der Waals surface area contributed by atoms with Gasteiger partial charge in [0.25, 0.3) is 0 Å². The van der Waals surface area contributed by atoms with Crippen LogP contribution in [0.5, 0.6) is 0 Å². The van der Waals surface area contributed by atoms with Crippen LogP contribution < -0.4 is 16.5 Å². The van der Waals surface area contributed by atoms with Crippen LogP contribution in [0.1, 0.15) is 36.6 Å². The van der Waals surface area contributed by atoms with Gasteiger partial charge in [-0.25, -0.2) is 0 Å². The number of hydrogen-bond donors (Lipinski definition) is 4. The van der Waals surface area contributed by atoms with Crippen molar-refractivity contribution in [1.29, 1.82) is 0 Å². The molecule has 1 unspecified atom stereocenters. The average molecular weight is 372 g/mol. The molecule has 0 radical (unpaired) electrons. The van der Waals surface area contributed by atoms with Crippen LogP contribution in [0.15, 0.2) is 52.2 Å². The highest BCUT2D eigenvalue weighted by Gasteiger charge is 2.20. The summed E-state index contributed by atoms with van der Waals surface area (Å²) in [5.74, 6) is 3.56. The number of aliphatic carboxylic acids is 1. The molecule has 0 fully saturated rings. The molecule has 2 aromatic rings. The first-order chi connectivity index (χ1) is 13.0. The Labute approximate surface area is 155 Å². The topological polar surface area (TPSA) is 147 Å². The van der Waals surface area contributed by atoms with Gasteiger partial charge in [-0.1, -0.05) is 12.1 Å². The summed E-state index contributed by atoms with van der Waals surface area (Å²) in [4.78, 5) is 35.0. The fourth-order valence-corrected chi connectivity index (χ4v) is 2.34. The molecular formula is C18H20N4O5. The Morgan fingerprint density at radius 1 is 1.15 bits per heavy atom. The number of anilines is 1. The Balaban J connectivity index is 1.82. The van der Waals surface area contributed by atoms with Crippen LogP contribution >= 0.6 is 0 Å². The Morgan fingerprint density at radius 3 is 2.44 bits per heavy atom. The number of benzene rings is 1. The summed E-state index contributed by atoms with van der Waals surface area (Å²) in [6.45, 7) is 0. The Kier molecular flexibility index (Phi) is 7.12. The van der Waals surface area contributed by atoms with Crippen molar-refractivity contribution in [1.82, 2.24) is 5.32 Å². The van der Waals surface area contributed by atoms with Crippen molar-refractivity contribution in [3.05, 3.63) is 54.0 Å². The number of carbonyl (C=O) groups is 3. The molecule has 1 atom stereocenters. The molecule has 0 saturated carbocycles. The van der Waals surface area contributed by atoms with E-state index in [0.717, 1.165) is 5.56 Å². The largest absolute Gasteiger partial charge is 0.481 e. The average Bonchev–Trinajstić information content (AvgIpc) is 3.16. The number of nitrogens with two attached hydrogens (primary N) is 1. The molecule has 5 N–H and O–H groups in total. The first-order valence-corrected chi connectivity index (χ1v) is 8.15. The maximum absolute atomic E-state index is 12.1. The van der Waals surface area contributed by atoms with Crippen LogP contribution in [-0.4, -0.2) is 29.1 Å². The fourth-order valence-electron chi connectivity index (χ4n) is 2.34. The van der Waals surface area contributed by atoms with Gasteiger partial charge in [-0.2, -0.15) is 5.10 Å². The van der Waals surface area contributed by atoms with Crippen molar-refractivity contribution in [2.75, 3.05) is 5.32 Å². The van der Waals surface area contributed by atoms with Gasteiger partial charge in [-0.05, 0) is 29.8 Å². The van der Waals surface area contributed by atoms with E-state index in [2.05, 4.69) is 15.7 Å². The van der Waals surface area contributed by atoms with E-state index in [1.54, 1.807) is 36.4 Å². The molecule has 0 aliphatic heterocycles. The van der Waals surface area contributed by atoms with Crippen LogP contribution in [0.25, 0.3) is 0 Å². The number of rotatable bonds is 9. The molecule has 27 heavy (non-hydrogen) atoms. The van der Waals surface area contributed by atoms with Gasteiger partial charge < -0.3 is 26.0 Å². The molecule has 0 saturated heterocycles. The van der Waals surface area contributed by atoms with E-state index < -0.39 is 17.9 Å². The highest BCUT2D eigenvalue weighted by Crippen LogP contribution is 2.17. The number of nitrogens with one attached hydrogen (secondary N) is 2. The molecule has 2 amide bonds. The number of furan rings is 1. The molecule has 0 spiro atoms. The summed E-state index contributed by atoms with van der Waals surface area (Å²) >= 11 is 0. The molecule has 0 bridgehead atoms. The lowest BCUT2D eigenvalue weighted by molar-refractivity contribution is -0.138. The van der Waals surface area contributed by atoms with Gasteiger partial charge in [0.15, 0.2) is 0 Å². The fraction of sp³-hybridized carbons (Fsp3) is 0.222. The number of carboxylic acid groups (broad SMARTS) is 1. The van der Waals surface area contributed by atoms with Crippen LogP contribution in [0.2, 0.25) is 0 Å². The van der Waals surface area contributed by atoms with Gasteiger partial charge in [-0.3, -0.25) is 14.4 Å². The summed E-state index contributed by atoms with van der Waals surface area (Å²) < 4.78 is 5.15. The van der Waals surface area contributed by atoms with Crippen LogP contribution in [0, 0.1) is 0 Å². The molecule has 9 heteroatoms. The van der Waals surface area contributed by atoms with Crippen molar-refractivity contribution in [2.45, 2.75) is 25.3 Å². The molecule has 1 aromatic heterocycles. The molecule has 9 nitrogen and oxygen atoms in total. The monoisotopic (exact) mass is 372 g/mol.